The molecule has 0 bridgehead atoms. The lowest BCUT2D eigenvalue weighted by Gasteiger charge is -2.13. The minimum atomic E-state index is -0.633. The molecule has 0 amide bonds. The second-order valence-corrected chi connectivity index (χ2v) is 4.59. The Labute approximate surface area is 112 Å². The first-order valence-electron chi connectivity index (χ1n) is 5.60. The fourth-order valence-electron chi connectivity index (χ4n) is 1.47. The number of rotatable bonds is 6. The van der Waals surface area contributed by atoms with Crippen molar-refractivity contribution in [2.75, 3.05) is 13.1 Å². The van der Waals surface area contributed by atoms with Crippen LogP contribution in [0.3, 0.4) is 0 Å². The zero-order valence-corrected chi connectivity index (χ0v) is 11.3. The van der Waals surface area contributed by atoms with Gasteiger partial charge in [-0.25, -0.2) is 0 Å². The molecule has 0 aliphatic carbocycles. The lowest BCUT2D eigenvalue weighted by atomic mass is 10.1. The second kappa shape index (κ2) is 7.72. The first kappa shape index (κ1) is 14.5. The second-order valence-electron chi connectivity index (χ2n) is 3.74. The van der Waals surface area contributed by atoms with E-state index in [1.807, 2.05) is 13.0 Å². The van der Waals surface area contributed by atoms with Crippen LogP contribution in [0.15, 0.2) is 30.4 Å². The molecule has 2 N–H and O–H groups in total. The van der Waals surface area contributed by atoms with E-state index in [1.54, 1.807) is 18.2 Å². The van der Waals surface area contributed by atoms with Crippen LogP contribution in [-0.2, 0) is 0 Å². The van der Waals surface area contributed by atoms with E-state index in [2.05, 4.69) is 11.4 Å². The van der Waals surface area contributed by atoms with Crippen molar-refractivity contribution in [3.63, 3.8) is 0 Å². The molecule has 1 unspecified atom stereocenters. The number of hydrogen-bond donors (Lipinski definition) is 2. The maximum atomic E-state index is 9.96. The molecule has 0 spiro atoms. The van der Waals surface area contributed by atoms with Gasteiger partial charge in [0.05, 0.1) is 6.10 Å². The van der Waals surface area contributed by atoms with Crippen LogP contribution in [0, 0.1) is 0 Å². The Balaban J connectivity index is 2.46. The predicted molar refractivity (Wildman–Crippen MR) is 73.7 cm³/mol. The topological polar surface area (TPSA) is 32.3 Å². The molecule has 0 saturated carbocycles. The van der Waals surface area contributed by atoms with Gasteiger partial charge in [0, 0.05) is 22.2 Å². The molecule has 0 aromatic heterocycles. The van der Waals surface area contributed by atoms with Crippen molar-refractivity contribution in [1.29, 1.82) is 0 Å². The summed E-state index contributed by atoms with van der Waals surface area (Å²) in [5.74, 6) is 0. The molecule has 0 aliphatic heterocycles. The molecular formula is C13H17Cl2NO. The van der Waals surface area contributed by atoms with Gasteiger partial charge in [0.25, 0.3) is 0 Å². The SMILES string of the molecule is C/C=C/CCNCC(O)c1cc(Cl)ccc1Cl. The van der Waals surface area contributed by atoms with Crippen LogP contribution in [0.2, 0.25) is 10.0 Å². The summed E-state index contributed by atoms with van der Waals surface area (Å²) in [6.07, 6.45) is 4.40. The first-order valence-corrected chi connectivity index (χ1v) is 6.35. The lowest BCUT2D eigenvalue weighted by molar-refractivity contribution is 0.175. The molecule has 1 aromatic carbocycles. The average molecular weight is 274 g/mol. The number of aliphatic hydroxyl groups is 1. The number of hydrogen-bond acceptors (Lipinski definition) is 2. The molecule has 94 valence electrons. The summed E-state index contributed by atoms with van der Waals surface area (Å²) in [5.41, 5.74) is 0.665. The molecule has 17 heavy (non-hydrogen) atoms. The molecule has 0 saturated heterocycles. The van der Waals surface area contributed by atoms with Crippen molar-refractivity contribution in [2.45, 2.75) is 19.4 Å². The molecule has 0 radical (unpaired) electrons. The molecule has 0 heterocycles. The molecule has 4 heteroatoms. The zero-order chi connectivity index (χ0) is 12.7. The van der Waals surface area contributed by atoms with E-state index >= 15 is 0 Å². The number of halogens is 2. The van der Waals surface area contributed by atoms with Gasteiger partial charge in [0.1, 0.15) is 0 Å². The smallest absolute Gasteiger partial charge is 0.0929 e. The number of allylic oxidation sites excluding steroid dienone is 1. The van der Waals surface area contributed by atoms with E-state index in [9.17, 15) is 5.11 Å². The van der Waals surface area contributed by atoms with Crippen LogP contribution in [0.4, 0.5) is 0 Å². The van der Waals surface area contributed by atoms with Gasteiger partial charge in [-0.15, -0.1) is 0 Å². The maximum Gasteiger partial charge on any atom is 0.0929 e. The number of aliphatic hydroxyl groups excluding tert-OH is 1. The highest BCUT2D eigenvalue weighted by atomic mass is 35.5. The fourth-order valence-corrected chi connectivity index (χ4v) is 1.89. The summed E-state index contributed by atoms with van der Waals surface area (Å²) in [5, 5.41) is 14.2. The molecule has 0 aliphatic rings. The maximum absolute atomic E-state index is 9.96. The van der Waals surface area contributed by atoms with Gasteiger partial charge in [-0.1, -0.05) is 35.4 Å². The van der Waals surface area contributed by atoms with E-state index in [4.69, 9.17) is 23.2 Å². The summed E-state index contributed by atoms with van der Waals surface area (Å²) in [4.78, 5) is 0. The van der Waals surface area contributed by atoms with Crippen molar-refractivity contribution in [3.05, 3.63) is 46.0 Å². The Morgan fingerprint density at radius 3 is 2.88 bits per heavy atom. The summed E-state index contributed by atoms with van der Waals surface area (Å²) < 4.78 is 0. The van der Waals surface area contributed by atoms with E-state index < -0.39 is 6.10 Å². The lowest BCUT2D eigenvalue weighted by Crippen LogP contribution is -2.22. The quantitative estimate of drug-likeness (QED) is 0.614. The molecule has 2 nitrogen and oxygen atoms in total. The highest BCUT2D eigenvalue weighted by molar-refractivity contribution is 6.33. The monoisotopic (exact) mass is 273 g/mol. The van der Waals surface area contributed by atoms with Crippen molar-refractivity contribution >= 4 is 23.2 Å². The van der Waals surface area contributed by atoms with Crippen molar-refractivity contribution in [1.82, 2.24) is 5.32 Å². The Hall–Kier alpha value is -0.540. The Morgan fingerprint density at radius 2 is 2.18 bits per heavy atom. The molecule has 1 rings (SSSR count). The van der Waals surface area contributed by atoms with Gasteiger partial charge in [-0.2, -0.15) is 0 Å². The highest BCUT2D eigenvalue weighted by Gasteiger charge is 2.11. The Morgan fingerprint density at radius 1 is 1.41 bits per heavy atom. The highest BCUT2D eigenvalue weighted by Crippen LogP contribution is 2.25. The number of nitrogens with one attached hydrogen (secondary N) is 1. The summed E-state index contributed by atoms with van der Waals surface area (Å²) >= 11 is 11.9. The standard InChI is InChI=1S/C13H17Cl2NO/c1-2-3-4-7-16-9-13(17)11-8-10(14)5-6-12(11)15/h2-3,5-6,8,13,16-17H,4,7,9H2,1H3/b3-2+. The van der Waals surface area contributed by atoms with Crippen LogP contribution < -0.4 is 5.32 Å². The van der Waals surface area contributed by atoms with Gasteiger partial charge in [0.15, 0.2) is 0 Å². The van der Waals surface area contributed by atoms with Crippen LogP contribution in [-0.4, -0.2) is 18.2 Å². The predicted octanol–water partition coefficient (Wildman–Crippen LogP) is 3.58. The normalized spacial score (nSPS) is 13.2. The van der Waals surface area contributed by atoms with E-state index in [0.717, 1.165) is 13.0 Å². The molecule has 1 aromatic rings. The van der Waals surface area contributed by atoms with Crippen LogP contribution in [0.5, 0.6) is 0 Å². The average Bonchev–Trinajstić information content (AvgIpc) is 2.32. The van der Waals surface area contributed by atoms with Gasteiger partial charge >= 0.3 is 0 Å². The third-order valence-corrected chi connectivity index (χ3v) is 2.96. The first-order chi connectivity index (χ1) is 8.15. The molecule has 1 atom stereocenters. The summed E-state index contributed by atoms with van der Waals surface area (Å²) in [6, 6.07) is 5.10. The van der Waals surface area contributed by atoms with Gasteiger partial charge in [-0.3, -0.25) is 0 Å². The van der Waals surface area contributed by atoms with Crippen molar-refractivity contribution in [3.8, 4) is 0 Å². The summed E-state index contributed by atoms with van der Waals surface area (Å²) in [7, 11) is 0. The largest absolute Gasteiger partial charge is 0.387 e. The summed E-state index contributed by atoms with van der Waals surface area (Å²) in [6.45, 7) is 3.29. The molecular weight excluding hydrogens is 257 g/mol. The van der Waals surface area contributed by atoms with E-state index in [1.165, 1.54) is 0 Å². The number of benzene rings is 1. The van der Waals surface area contributed by atoms with Crippen molar-refractivity contribution in [2.24, 2.45) is 0 Å². The Bertz CT molecular complexity index is 380. The minimum absolute atomic E-state index is 0.470. The van der Waals surface area contributed by atoms with Crippen molar-refractivity contribution < 1.29 is 5.11 Å². The van der Waals surface area contributed by atoms with E-state index in [0.29, 0.717) is 22.2 Å². The zero-order valence-electron chi connectivity index (χ0n) is 9.79. The molecule has 0 fully saturated rings. The van der Waals surface area contributed by atoms with Gasteiger partial charge in [-0.05, 0) is 38.1 Å². The van der Waals surface area contributed by atoms with Crippen LogP contribution in [0.25, 0.3) is 0 Å². The van der Waals surface area contributed by atoms with Gasteiger partial charge in [0.2, 0.25) is 0 Å². The Kier molecular flexibility index (Phi) is 6.60. The third-order valence-electron chi connectivity index (χ3n) is 2.38. The van der Waals surface area contributed by atoms with Gasteiger partial charge < -0.3 is 10.4 Å². The van der Waals surface area contributed by atoms with Crippen LogP contribution >= 0.6 is 23.2 Å². The minimum Gasteiger partial charge on any atom is -0.387 e. The fraction of sp³-hybridized carbons (Fsp3) is 0.385. The van der Waals surface area contributed by atoms with Crippen LogP contribution in [0.1, 0.15) is 25.0 Å². The van der Waals surface area contributed by atoms with E-state index in [-0.39, 0.29) is 0 Å². The third kappa shape index (κ3) is 5.09.